The minimum absolute atomic E-state index is 0.676. The van der Waals surface area contributed by atoms with E-state index in [4.69, 9.17) is 16.3 Å². The van der Waals surface area contributed by atoms with Gasteiger partial charge >= 0.3 is 0 Å². The largest absolute Gasteiger partial charge is 0.496 e. The molecule has 0 radical (unpaired) electrons. The third kappa shape index (κ3) is 3.17. The molecule has 0 saturated heterocycles. The molecular formula is C17H18ClN3O. The van der Waals surface area contributed by atoms with Gasteiger partial charge in [0, 0.05) is 35.6 Å². The van der Waals surface area contributed by atoms with Crippen LogP contribution in [0.15, 0.2) is 42.2 Å². The van der Waals surface area contributed by atoms with Crippen LogP contribution in [0.2, 0.25) is 5.02 Å². The Morgan fingerprint density at radius 2 is 2.23 bits per heavy atom. The number of hydrogen-bond acceptors (Lipinski definition) is 3. The Morgan fingerprint density at radius 3 is 3.05 bits per heavy atom. The fraction of sp³-hybridized carbons (Fsp3) is 0.235. The van der Waals surface area contributed by atoms with Crippen molar-refractivity contribution < 1.29 is 4.74 Å². The molecule has 0 saturated carbocycles. The number of aryl methyl sites for hydroxylation is 1. The predicted molar refractivity (Wildman–Crippen MR) is 88.9 cm³/mol. The lowest BCUT2D eigenvalue weighted by molar-refractivity contribution is 0.408. The lowest BCUT2D eigenvalue weighted by Gasteiger charge is -2.11. The van der Waals surface area contributed by atoms with E-state index in [1.807, 2.05) is 37.3 Å². The molecule has 3 rings (SSSR count). The minimum Gasteiger partial charge on any atom is -0.496 e. The molecule has 2 heterocycles. The second-order valence-electron chi connectivity index (χ2n) is 5.20. The van der Waals surface area contributed by atoms with Gasteiger partial charge in [-0.2, -0.15) is 0 Å². The zero-order chi connectivity index (χ0) is 15.5. The number of fused-ring (bicyclic) bond motifs is 1. The first-order chi connectivity index (χ1) is 10.7. The molecule has 2 aromatic rings. The van der Waals surface area contributed by atoms with Gasteiger partial charge in [0.2, 0.25) is 0 Å². The molecule has 0 spiro atoms. The Bertz CT molecular complexity index is 746. The van der Waals surface area contributed by atoms with E-state index >= 15 is 0 Å². The van der Waals surface area contributed by atoms with Crippen molar-refractivity contribution in [2.75, 3.05) is 7.11 Å². The topological polar surface area (TPSA) is 39.1 Å². The van der Waals surface area contributed by atoms with Crippen molar-refractivity contribution in [2.45, 2.75) is 20.0 Å². The van der Waals surface area contributed by atoms with E-state index in [0.717, 1.165) is 35.1 Å². The number of allylic oxidation sites excluding steroid dienone is 2. The van der Waals surface area contributed by atoms with E-state index < -0.39 is 0 Å². The fourth-order valence-corrected chi connectivity index (χ4v) is 2.63. The molecule has 1 N–H and O–H groups in total. The van der Waals surface area contributed by atoms with E-state index in [2.05, 4.69) is 27.1 Å². The number of imidazole rings is 1. The molecule has 0 atom stereocenters. The van der Waals surface area contributed by atoms with Crippen LogP contribution in [0, 0.1) is 6.92 Å². The number of methoxy groups -OCH3 is 1. The Labute approximate surface area is 135 Å². The summed E-state index contributed by atoms with van der Waals surface area (Å²) in [6.07, 6.45) is 8.28. The summed E-state index contributed by atoms with van der Waals surface area (Å²) in [6.45, 7) is 3.49. The van der Waals surface area contributed by atoms with Crippen molar-refractivity contribution in [3.63, 3.8) is 0 Å². The molecule has 22 heavy (non-hydrogen) atoms. The average molecular weight is 316 g/mol. The molecule has 1 aromatic heterocycles. The van der Waals surface area contributed by atoms with Crippen LogP contribution in [0.5, 0.6) is 5.75 Å². The molecule has 1 aromatic carbocycles. The van der Waals surface area contributed by atoms with Crippen LogP contribution in [-0.2, 0) is 13.1 Å². The third-order valence-corrected chi connectivity index (χ3v) is 3.81. The number of nitrogens with zero attached hydrogens (tertiary/aromatic N) is 2. The van der Waals surface area contributed by atoms with Gasteiger partial charge in [0.15, 0.2) is 0 Å². The molecule has 0 unspecified atom stereocenters. The van der Waals surface area contributed by atoms with E-state index in [1.54, 1.807) is 7.11 Å². The fourth-order valence-electron chi connectivity index (χ4n) is 2.47. The highest BCUT2D eigenvalue weighted by molar-refractivity contribution is 6.30. The van der Waals surface area contributed by atoms with Gasteiger partial charge in [-0.1, -0.05) is 17.7 Å². The average Bonchev–Trinajstić information content (AvgIpc) is 2.77. The minimum atomic E-state index is 0.676. The number of halogens is 1. The van der Waals surface area contributed by atoms with E-state index in [9.17, 15) is 0 Å². The monoisotopic (exact) mass is 315 g/mol. The second-order valence-corrected chi connectivity index (χ2v) is 5.63. The molecule has 0 bridgehead atoms. The second kappa shape index (κ2) is 6.28. The molecular weight excluding hydrogens is 298 g/mol. The van der Waals surface area contributed by atoms with Crippen LogP contribution in [-0.4, -0.2) is 16.7 Å². The standard InChI is InChI=1S/C17H18ClN3O/c1-12-11-21-8-7-15(5-6-17(21)20-12)19-10-13-3-4-14(18)9-16(13)22-2/h3-7,9,11,19H,8,10H2,1-2H3. The SMILES string of the molecule is COc1cc(Cl)ccc1CNC1=CCn2cc(C)nc2C=C1. The Kier molecular flexibility index (Phi) is 4.20. The third-order valence-electron chi connectivity index (χ3n) is 3.58. The molecule has 1 aliphatic heterocycles. The van der Waals surface area contributed by atoms with Gasteiger partial charge in [-0.25, -0.2) is 4.98 Å². The highest BCUT2D eigenvalue weighted by Gasteiger charge is 2.07. The van der Waals surface area contributed by atoms with Crippen LogP contribution in [0.1, 0.15) is 17.1 Å². The van der Waals surface area contributed by atoms with Crippen molar-refractivity contribution in [1.82, 2.24) is 14.9 Å². The zero-order valence-corrected chi connectivity index (χ0v) is 13.4. The van der Waals surface area contributed by atoms with Crippen molar-refractivity contribution >= 4 is 17.7 Å². The Morgan fingerprint density at radius 1 is 1.36 bits per heavy atom. The maximum Gasteiger partial charge on any atom is 0.133 e. The van der Waals surface area contributed by atoms with Crippen molar-refractivity contribution in [3.05, 3.63) is 64.3 Å². The summed E-state index contributed by atoms with van der Waals surface area (Å²) >= 11 is 5.99. The van der Waals surface area contributed by atoms with Crippen molar-refractivity contribution in [3.8, 4) is 5.75 Å². The normalized spacial score (nSPS) is 13.3. The quantitative estimate of drug-likeness (QED) is 0.937. The van der Waals surface area contributed by atoms with Crippen LogP contribution in [0.25, 0.3) is 6.08 Å². The summed E-state index contributed by atoms with van der Waals surface area (Å²) in [5, 5.41) is 4.10. The number of nitrogens with one attached hydrogen (secondary N) is 1. The highest BCUT2D eigenvalue weighted by Crippen LogP contribution is 2.23. The molecule has 114 valence electrons. The number of ether oxygens (including phenoxy) is 1. The van der Waals surface area contributed by atoms with E-state index in [-0.39, 0.29) is 0 Å². The summed E-state index contributed by atoms with van der Waals surface area (Å²) < 4.78 is 7.49. The maximum absolute atomic E-state index is 5.99. The summed E-state index contributed by atoms with van der Waals surface area (Å²) in [4.78, 5) is 4.48. The summed E-state index contributed by atoms with van der Waals surface area (Å²) in [6, 6.07) is 5.68. The van der Waals surface area contributed by atoms with Crippen LogP contribution < -0.4 is 10.1 Å². The maximum atomic E-state index is 5.99. The summed E-state index contributed by atoms with van der Waals surface area (Å²) in [7, 11) is 1.65. The molecule has 4 nitrogen and oxygen atoms in total. The number of hydrogen-bond donors (Lipinski definition) is 1. The van der Waals surface area contributed by atoms with Gasteiger partial charge in [0.1, 0.15) is 11.6 Å². The van der Waals surface area contributed by atoms with Crippen molar-refractivity contribution in [2.24, 2.45) is 0 Å². The van der Waals surface area contributed by atoms with Crippen LogP contribution in [0.3, 0.4) is 0 Å². The lowest BCUT2D eigenvalue weighted by Crippen LogP contribution is -2.12. The highest BCUT2D eigenvalue weighted by atomic mass is 35.5. The van der Waals surface area contributed by atoms with Crippen LogP contribution >= 0.6 is 11.6 Å². The lowest BCUT2D eigenvalue weighted by atomic mass is 10.2. The first-order valence-corrected chi connectivity index (χ1v) is 7.52. The predicted octanol–water partition coefficient (Wildman–Crippen LogP) is 3.55. The smallest absolute Gasteiger partial charge is 0.133 e. The van der Waals surface area contributed by atoms with Gasteiger partial charge in [0.05, 0.1) is 12.8 Å². The van der Waals surface area contributed by atoms with Gasteiger partial charge in [0.25, 0.3) is 0 Å². The molecule has 0 aliphatic carbocycles. The Balaban J connectivity index is 1.70. The molecule has 0 amide bonds. The van der Waals surface area contributed by atoms with E-state index in [0.29, 0.717) is 11.6 Å². The number of aromatic nitrogens is 2. The first-order valence-electron chi connectivity index (χ1n) is 7.14. The van der Waals surface area contributed by atoms with Gasteiger partial charge < -0.3 is 14.6 Å². The molecule has 5 heteroatoms. The summed E-state index contributed by atoms with van der Waals surface area (Å²) in [5.74, 6) is 1.77. The first kappa shape index (κ1) is 14.7. The van der Waals surface area contributed by atoms with Crippen LogP contribution in [0.4, 0.5) is 0 Å². The van der Waals surface area contributed by atoms with Gasteiger partial charge in [-0.3, -0.25) is 0 Å². The van der Waals surface area contributed by atoms with E-state index in [1.165, 1.54) is 0 Å². The molecule has 1 aliphatic rings. The van der Waals surface area contributed by atoms with Crippen molar-refractivity contribution in [1.29, 1.82) is 0 Å². The summed E-state index contributed by atoms with van der Waals surface area (Å²) in [5.41, 5.74) is 3.18. The molecule has 0 fully saturated rings. The van der Waals surface area contributed by atoms with Gasteiger partial charge in [-0.05, 0) is 37.3 Å². The van der Waals surface area contributed by atoms with Gasteiger partial charge in [-0.15, -0.1) is 0 Å². The number of rotatable bonds is 4. The zero-order valence-electron chi connectivity index (χ0n) is 12.6. The number of benzene rings is 1. The Hall–Kier alpha value is -2.20.